The molecule has 1 saturated heterocycles. The summed E-state index contributed by atoms with van der Waals surface area (Å²) in [4.78, 5) is 11.4. The first-order valence-electron chi connectivity index (χ1n) is 6.01. The molecule has 1 rings (SSSR count). The van der Waals surface area contributed by atoms with E-state index in [4.69, 9.17) is 4.74 Å². The van der Waals surface area contributed by atoms with Crippen molar-refractivity contribution in [1.29, 1.82) is 0 Å². The van der Waals surface area contributed by atoms with Crippen molar-refractivity contribution in [3.8, 4) is 0 Å². The molecule has 1 aliphatic rings. The van der Waals surface area contributed by atoms with E-state index in [1.165, 1.54) is 11.1 Å². The normalized spacial score (nSPS) is 25.1. The minimum absolute atomic E-state index is 0.146. The van der Waals surface area contributed by atoms with Crippen molar-refractivity contribution >= 4 is 5.97 Å². The Hall–Kier alpha value is -0.870. The summed E-state index contributed by atoms with van der Waals surface area (Å²) in [5.41, 5.74) is -0.773. The predicted octanol–water partition coefficient (Wildman–Crippen LogP) is 2.52. The summed E-state index contributed by atoms with van der Waals surface area (Å²) >= 11 is 0. The Morgan fingerprint density at radius 1 is 1.29 bits per heavy atom. The number of carbonyl (C=O) groups is 1. The molecule has 0 amide bonds. The van der Waals surface area contributed by atoms with Gasteiger partial charge in [0.15, 0.2) is 0 Å². The number of hydrogen-bond donors (Lipinski definition) is 1. The van der Waals surface area contributed by atoms with Crippen molar-refractivity contribution in [1.82, 2.24) is 5.06 Å². The van der Waals surface area contributed by atoms with Gasteiger partial charge in [0.05, 0.1) is 0 Å². The minimum Gasteiger partial charge on any atom is -0.459 e. The molecular formula is C13H23NO3. The maximum atomic E-state index is 11.4. The van der Waals surface area contributed by atoms with Gasteiger partial charge in [0, 0.05) is 30.0 Å². The number of piperidine rings is 1. The number of hydrogen-bond acceptors (Lipinski definition) is 4. The van der Waals surface area contributed by atoms with E-state index in [-0.39, 0.29) is 23.2 Å². The van der Waals surface area contributed by atoms with Gasteiger partial charge in [0.1, 0.15) is 6.10 Å². The Bertz CT molecular complexity index is 303. The van der Waals surface area contributed by atoms with E-state index in [0.29, 0.717) is 12.8 Å². The standard InChI is InChI=1S/C13H23NO3/c1-6-7-11(15)17-10-8-12(2,3)14(16)13(4,5)9-10/h6-7,10,16H,8-9H2,1-5H3. The van der Waals surface area contributed by atoms with Crippen LogP contribution in [0.25, 0.3) is 0 Å². The zero-order valence-electron chi connectivity index (χ0n) is 11.4. The molecule has 1 aliphatic heterocycles. The summed E-state index contributed by atoms with van der Waals surface area (Å²) in [6.07, 6.45) is 4.21. The van der Waals surface area contributed by atoms with Crippen LogP contribution in [-0.4, -0.2) is 33.4 Å². The molecule has 0 aromatic rings. The number of rotatable bonds is 2. The van der Waals surface area contributed by atoms with Crippen molar-refractivity contribution in [2.45, 2.75) is 64.6 Å². The first kappa shape index (κ1) is 14.2. The van der Waals surface area contributed by atoms with Gasteiger partial charge >= 0.3 is 5.97 Å². The van der Waals surface area contributed by atoms with E-state index in [1.807, 2.05) is 27.7 Å². The SMILES string of the molecule is CC=CC(=O)OC1CC(C)(C)N(O)C(C)(C)C1. The molecular weight excluding hydrogens is 218 g/mol. The smallest absolute Gasteiger partial charge is 0.330 e. The monoisotopic (exact) mass is 241 g/mol. The highest BCUT2D eigenvalue weighted by Crippen LogP contribution is 2.37. The molecule has 0 aromatic heterocycles. The van der Waals surface area contributed by atoms with Crippen molar-refractivity contribution < 1.29 is 14.7 Å². The Kier molecular flexibility index (Phi) is 3.99. The molecule has 0 atom stereocenters. The van der Waals surface area contributed by atoms with E-state index in [0.717, 1.165) is 0 Å². The molecule has 4 heteroatoms. The molecule has 1 N–H and O–H groups in total. The highest BCUT2D eigenvalue weighted by atomic mass is 16.5. The number of carbonyl (C=O) groups excluding carboxylic acids is 1. The van der Waals surface area contributed by atoms with Crippen LogP contribution in [-0.2, 0) is 9.53 Å². The highest BCUT2D eigenvalue weighted by Gasteiger charge is 2.46. The maximum Gasteiger partial charge on any atom is 0.330 e. The molecule has 17 heavy (non-hydrogen) atoms. The van der Waals surface area contributed by atoms with Crippen molar-refractivity contribution in [3.63, 3.8) is 0 Å². The molecule has 0 aromatic carbocycles. The van der Waals surface area contributed by atoms with Crippen LogP contribution in [0.15, 0.2) is 12.2 Å². The second kappa shape index (κ2) is 4.78. The Morgan fingerprint density at radius 2 is 1.76 bits per heavy atom. The van der Waals surface area contributed by atoms with Gasteiger partial charge in [-0.25, -0.2) is 4.79 Å². The van der Waals surface area contributed by atoms with Gasteiger partial charge in [-0.1, -0.05) is 6.08 Å². The van der Waals surface area contributed by atoms with Gasteiger partial charge in [-0.05, 0) is 34.6 Å². The van der Waals surface area contributed by atoms with E-state index in [2.05, 4.69) is 0 Å². The first-order valence-corrected chi connectivity index (χ1v) is 6.01. The lowest BCUT2D eigenvalue weighted by atomic mass is 9.80. The topological polar surface area (TPSA) is 49.8 Å². The molecule has 1 heterocycles. The largest absolute Gasteiger partial charge is 0.459 e. The van der Waals surface area contributed by atoms with Gasteiger partial charge in [-0.2, -0.15) is 5.06 Å². The lowest BCUT2D eigenvalue weighted by Crippen LogP contribution is -2.60. The zero-order chi connectivity index (χ0) is 13.3. The third-order valence-corrected chi connectivity index (χ3v) is 3.19. The summed E-state index contributed by atoms with van der Waals surface area (Å²) in [6, 6.07) is 0. The van der Waals surface area contributed by atoms with Crippen molar-refractivity contribution in [3.05, 3.63) is 12.2 Å². The molecule has 0 spiro atoms. The molecule has 0 aliphatic carbocycles. The minimum atomic E-state index is -0.386. The van der Waals surface area contributed by atoms with Crippen molar-refractivity contribution in [2.75, 3.05) is 0 Å². The van der Waals surface area contributed by atoms with Crippen LogP contribution in [0.5, 0.6) is 0 Å². The van der Waals surface area contributed by atoms with Gasteiger partial charge in [-0.3, -0.25) is 0 Å². The second-order valence-corrected chi connectivity index (χ2v) is 5.90. The number of nitrogens with zero attached hydrogens (tertiary/aromatic N) is 1. The number of hydroxylamine groups is 2. The fourth-order valence-electron chi connectivity index (χ4n) is 2.60. The Labute approximate surface area is 103 Å². The molecule has 0 unspecified atom stereocenters. The molecule has 0 radical (unpaired) electrons. The summed E-state index contributed by atoms with van der Waals surface area (Å²) < 4.78 is 5.39. The number of esters is 1. The van der Waals surface area contributed by atoms with Crippen molar-refractivity contribution in [2.24, 2.45) is 0 Å². The van der Waals surface area contributed by atoms with Crippen LogP contribution >= 0.6 is 0 Å². The van der Waals surface area contributed by atoms with Crippen LogP contribution in [0.4, 0.5) is 0 Å². The fourth-order valence-corrected chi connectivity index (χ4v) is 2.60. The fraction of sp³-hybridized carbons (Fsp3) is 0.769. The lowest BCUT2D eigenvalue weighted by molar-refractivity contribution is -0.259. The maximum absolute atomic E-state index is 11.4. The molecule has 4 nitrogen and oxygen atoms in total. The number of allylic oxidation sites excluding steroid dienone is 1. The molecule has 1 fully saturated rings. The van der Waals surface area contributed by atoms with Crippen LogP contribution in [0.3, 0.4) is 0 Å². The second-order valence-electron chi connectivity index (χ2n) is 5.90. The van der Waals surface area contributed by atoms with E-state index in [9.17, 15) is 10.0 Å². The molecule has 0 bridgehead atoms. The third kappa shape index (κ3) is 3.30. The lowest BCUT2D eigenvalue weighted by Gasteiger charge is -2.50. The van der Waals surface area contributed by atoms with Gasteiger partial charge < -0.3 is 9.94 Å². The predicted molar refractivity (Wildman–Crippen MR) is 65.7 cm³/mol. The molecule has 0 saturated carbocycles. The highest BCUT2D eigenvalue weighted by molar-refractivity contribution is 5.81. The summed E-state index contributed by atoms with van der Waals surface area (Å²) in [6.45, 7) is 9.58. The zero-order valence-corrected chi connectivity index (χ0v) is 11.4. The van der Waals surface area contributed by atoms with Crippen LogP contribution in [0.2, 0.25) is 0 Å². The summed E-state index contributed by atoms with van der Waals surface area (Å²) in [5, 5.41) is 11.5. The average Bonchev–Trinajstić information content (AvgIpc) is 2.13. The summed E-state index contributed by atoms with van der Waals surface area (Å²) in [7, 11) is 0. The summed E-state index contributed by atoms with van der Waals surface area (Å²) in [5.74, 6) is -0.310. The third-order valence-electron chi connectivity index (χ3n) is 3.19. The van der Waals surface area contributed by atoms with Crippen LogP contribution in [0.1, 0.15) is 47.5 Å². The Balaban J connectivity index is 2.75. The molecule has 98 valence electrons. The van der Waals surface area contributed by atoms with Gasteiger partial charge in [0.25, 0.3) is 0 Å². The quantitative estimate of drug-likeness (QED) is 0.596. The van der Waals surface area contributed by atoms with E-state index >= 15 is 0 Å². The van der Waals surface area contributed by atoms with Crippen LogP contribution in [0, 0.1) is 0 Å². The number of ether oxygens (including phenoxy) is 1. The average molecular weight is 241 g/mol. The van der Waals surface area contributed by atoms with Crippen LogP contribution < -0.4 is 0 Å². The Morgan fingerprint density at radius 3 is 2.18 bits per heavy atom. The first-order chi connectivity index (χ1) is 7.69. The van der Waals surface area contributed by atoms with E-state index < -0.39 is 0 Å². The van der Waals surface area contributed by atoms with Gasteiger partial charge in [-0.15, -0.1) is 0 Å². The van der Waals surface area contributed by atoms with E-state index in [1.54, 1.807) is 13.0 Å². The van der Waals surface area contributed by atoms with Gasteiger partial charge in [0.2, 0.25) is 0 Å².